The average Bonchev–Trinajstić information content (AvgIpc) is 3.35. The van der Waals surface area contributed by atoms with Crippen LogP contribution in [0.4, 0.5) is 0 Å². The van der Waals surface area contributed by atoms with E-state index in [1.54, 1.807) is 0 Å². The first-order valence-corrected chi connectivity index (χ1v) is 9.08. The summed E-state index contributed by atoms with van der Waals surface area (Å²) in [5, 5.41) is 4.20. The second kappa shape index (κ2) is 6.65. The third-order valence-electron chi connectivity index (χ3n) is 5.34. The highest BCUT2D eigenvalue weighted by Crippen LogP contribution is 2.37. The Labute approximate surface area is 142 Å². The average molecular weight is 327 g/mol. The summed E-state index contributed by atoms with van der Waals surface area (Å²) in [5.41, 5.74) is 7.09. The first kappa shape index (κ1) is 15.8. The summed E-state index contributed by atoms with van der Waals surface area (Å²) in [5.74, 6) is 1.16. The number of rotatable bonds is 5. The van der Waals surface area contributed by atoms with Crippen LogP contribution in [0.3, 0.4) is 0 Å². The maximum atomic E-state index is 6.47. The second-order valence-corrected chi connectivity index (χ2v) is 7.15. The van der Waals surface area contributed by atoms with Gasteiger partial charge in [0.05, 0.1) is 11.6 Å². The van der Waals surface area contributed by atoms with E-state index in [4.69, 9.17) is 15.0 Å². The van der Waals surface area contributed by atoms with Gasteiger partial charge < -0.3 is 15.0 Å². The highest BCUT2D eigenvalue weighted by molar-refractivity contribution is 5.23. The topological polar surface area (TPSA) is 74.2 Å². The van der Waals surface area contributed by atoms with Crippen molar-refractivity contribution in [3.05, 3.63) is 47.6 Å². The maximum Gasteiger partial charge on any atom is 0.260 e. The van der Waals surface area contributed by atoms with Crippen molar-refractivity contribution in [1.29, 1.82) is 0 Å². The van der Waals surface area contributed by atoms with Crippen molar-refractivity contribution in [2.45, 2.75) is 69.1 Å². The van der Waals surface area contributed by atoms with Gasteiger partial charge in [-0.1, -0.05) is 61.2 Å². The highest BCUT2D eigenvalue weighted by atomic mass is 16.5. The van der Waals surface area contributed by atoms with Crippen molar-refractivity contribution in [3.63, 3.8) is 0 Å². The number of hydrogen-bond acceptors (Lipinski definition) is 5. The Hall–Kier alpha value is -1.72. The molecule has 0 bridgehead atoms. The molecule has 5 heteroatoms. The van der Waals surface area contributed by atoms with Crippen LogP contribution in [-0.2, 0) is 10.3 Å². The largest absolute Gasteiger partial charge is 0.360 e. The number of nitrogens with zero attached hydrogens (tertiary/aromatic N) is 2. The fourth-order valence-electron chi connectivity index (χ4n) is 3.90. The molecule has 5 nitrogen and oxygen atoms in total. The Bertz CT molecular complexity index is 658. The van der Waals surface area contributed by atoms with Crippen LogP contribution < -0.4 is 5.73 Å². The summed E-state index contributed by atoms with van der Waals surface area (Å²) in [7, 11) is 0. The molecular formula is C19H25N3O2. The lowest BCUT2D eigenvalue weighted by atomic mass is 9.98. The zero-order chi connectivity index (χ0) is 16.4. The first-order chi connectivity index (χ1) is 11.7. The van der Waals surface area contributed by atoms with Crippen LogP contribution >= 0.6 is 0 Å². The minimum atomic E-state index is -0.434. The summed E-state index contributed by atoms with van der Waals surface area (Å²) in [6.45, 7) is 0. The summed E-state index contributed by atoms with van der Waals surface area (Å²) >= 11 is 0. The molecule has 4 rings (SSSR count). The van der Waals surface area contributed by atoms with Crippen LogP contribution in [0.5, 0.6) is 0 Å². The molecule has 128 valence electrons. The SMILES string of the molecule is NC1(c2noc(C(OC3CCCC3)c3ccccc3)n2)CCCC1. The van der Waals surface area contributed by atoms with Crippen LogP contribution in [0.2, 0.25) is 0 Å². The van der Waals surface area contributed by atoms with E-state index >= 15 is 0 Å². The molecule has 0 spiro atoms. The molecule has 0 radical (unpaired) electrons. The summed E-state index contributed by atoms with van der Waals surface area (Å²) in [4.78, 5) is 4.66. The molecule has 2 N–H and O–H groups in total. The van der Waals surface area contributed by atoms with Crippen molar-refractivity contribution < 1.29 is 9.26 Å². The molecule has 1 unspecified atom stereocenters. The van der Waals surface area contributed by atoms with Gasteiger partial charge in [-0.05, 0) is 31.2 Å². The zero-order valence-corrected chi connectivity index (χ0v) is 14.0. The van der Waals surface area contributed by atoms with Crippen molar-refractivity contribution in [1.82, 2.24) is 10.1 Å². The molecule has 2 saturated carbocycles. The molecule has 1 heterocycles. The molecular weight excluding hydrogens is 302 g/mol. The van der Waals surface area contributed by atoms with Crippen molar-refractivity contribution in [3.8, 4) is 0 Å². The third-order valence-corrected chi connectivity index (χ3v) is 5.34. The molecule has 2 aliphatic rings. The van der Waals surface area contributed by atoms with Gasteiger partial charge in [0.1, 0.15) is 0 Å². The van der Waals surface area contributed by atoms with E-state index < -0.39 is 5.54 Å². The molecule has 1 atom stereocenters. The lowest BCUT2D eigenvalue weighted by molar-refractivity contribution is -0.00315. The predicted molar refractivity (Wildman–Crippen MR) is 90.3 cm³/mol. The molecule has 2 fully saturated rings. The molecule has 0 aliphatic heterocycles. The molecule has 24 heavy (non-hydrogen) atoms. The lowest BCUT2D eigenvalue weighted by Crippen LogP contribution is -2.34. The van der Waals surface area contributed by atoms with Gasteiger partial charge in [0, 0.05) is 0 Å². The van der Waals surface area contributed by atoms with Crippen LogP contribution in [0.25, 0.3) is 0 Å². The number of benzene rings is 1. The Balaban J connectivity index is 1.62. The van der Waals surface area contributed by atoms with Gasteiger partial charge in [-0.3, -0.25) is 0 Å². The highest BCUT2D eigenvalue weighted by Gasteiger charge is 2.37. The standard InChI is InChI=1S/C19H25N3O2/c20-19(12-6-7-13-19)18-21-17(24-22-18)16(14-8-2-1-3-9-14)23-15-10-4-5-11-15/h1-3,8-9,15-16H,4-7,10-13,20H2. The Morgan fingerprint density at radius 1 is 1.08 bits per heavy atom. The van der Waals surface area contributed by atoms with Crippen LogP contribution in [0, 0.1) is 0 Å². The van der Waals surface area contributed by atoms with Gasteiger partial charge in [-0.15, -0.1) is 0 Å². The van der Waals surface area contributed by atoms with Gasteiger partial charge >= 0.3 is 0 Å². The third kappa shape index (κ3) is 3.10. The summed E-state index contributed by atoms with van der Waals surface area (Å²) in [6.07, 6.45) is 8.72. The fourth-order valence-corrected chi connectivity index (χ4v) is 3.90. The molecule has 2 aliphatic carbocycles. The van der Waals surface area contributed by atoms with Gasteiger partial charge in [-0.25, -0.2) is 0 Å². The van der Waals surface area contributed by atoms with E-state index in [0.29, 0.717) is 11.7 Å². The molecule has 0 saturated heterocycles. The van der Waals surface area contributed by atoms with E-state index in [9.17, 15) is 0 Å². The first-order valence-electron chi connectivity index (χ1n) is 9.08. The van der Waals surface area contributed by atoms with Gasteiger partial charge in [0.25, 0.3) is 5.89 Å². The van der Waals surface area contributed by atoms with Gasteiger partial charge in [-0.2, -0.15) is 4.98 Å². The monoisotopic (exact) mass is 327 g/mol. The van der Waals surface area contributed by atoms with Crippen molar-refractivity contribution in [2.75, 3.05) is 0 Å². The van der Waals surface area contributed by atoms with E-state index in [1.165, 1.54) is 12.8 Å². The molecule has 1 aromatic heterocycles. The van der Waals surface area contributed by atoms with E-state index in [0.717, 1.165) is 44.1 Å². The second-order valence-electron chi connectivity index (χ2n) is 7.15. The van der Waals surface area contributed by atoms with E-state index in [-0.39, 0.29) is 12.2 Å². The molecule has 0 amide bonds. The van der Waals surface area contributed by atoms with Crippen molar-refractivity contribution >= 4 is 0 Å². The maximum absolute atomic E-state index is 6.47. The van der Waals surface area contributed by atoms with Gasteiger partial charge in [0.15, 0.2) is 11.9 Å². The molecule has 1 aromatic carbocycles. The number of ether oxygens (including phenoxy) is 1. The molecule has 2 aromatic rings. The van der Waals surface area contributed by atoms with Crippen LogP contribution in [0.1, 0.15) is 74.7 Å². The van der Waals surface area contributed by atoms with Gasteiger partial charge in [0.2, 0.25) is 0 Å². The quantitative estimate of drug-likeness (QED) is 0.903. The fraction of sp³-hybridized carbons (Fsp3) is 0.579. The summed E-state index contributed by atoms with van der Waals surface area (Å²) < 4.78 is 12.0. The van der Waals surface area contributed by atoms with Crippen LogP contribution in [0.15, 0.2) is 34.9 Å². The Kier molecular flexibility index (Phi) is 4.37. The lowest BCUT2D eigenvalue weighted by Gasteiger charge is -2.20. The minimum absolute atomic E-state index is 0.267. The predicted octanol–water partition coefficient (Wildman–Crippen LogP) is 3.85. The van der Waals surface area contributed by atoms with Crippen LogP contribution in [-0.4, -0.2) is 16.2 Å². The van der Waals surface area contributed by atoms with Crippen molar-refractivity contribution in [2.24, 2.45) is 5.73 Å². The Morgan fingerprint density at radius 3 is 2.50 bits per heavy atom. The normalized spacial score (nSPS) is 22.0. The zero-order valence-electron chi connectivity index (χ0n) is 14.0. The van der Waals surface area contributed by atoms with E-state index in [2.05, 4.69) is 22.3 Å². The Morgan fingerprint density at radius 2 is 1.79 bits per heavy atom. The number of nitrogens with two attached hydrogens (primary N) is 1. The minimum Gasteiger partial charge on any atom is -0.360 e. The number of aromatic nitrogens is 2. The van der Waals surface area contributed by atoms with E-state index in [1.807, 2.05) is 18.2 Å². The smallest absolute Gasteiger partial charge is 0.260 e. The summed E-state index contributed by atoms with van der Waals surface area (Å²) in [6, 6.07) is 10.1. The number of hydrogen-bond donors (Lipinski definition) is 1.